The minimum absolute atomic E-state index is 0.0208. The molecule has 1 aliphatic heterocycles. The molecule has 2 atom stereocenters. The maximum Gasteiger partial charge on any atom is 0.280 e. The van der Waals surface area contributed by atoms with Crippen molar-refractivity contribution in [2.75, 3.05) is 25.6 Å². The minimum Gasteiger partial charge on any atom is -0.373 e. The van der Waals surface area contributed by atoms with E-state index in [0.717, 1.165) is 12.0 Å². The van der Waals surface area contributed by atoms with E-state index in [1.165, 1.54) is 16.5 Å². The Morgan fingerprint density at radius 1 is 1.16 bits per heavy atom. The molecule has 1 saturated heterocycles. The van der Waals surface area contributed by atoms with Crippen molar-refractivity contribution >= 4 is 11.5 Å². The standard InChI is InChI=1S/C22H25N7O3/c1-13-5-7-15(8-6-13)17-9-16(11-31-17)20-25-18(32-26-20)10-28-12-23-29-19(21(28)30)14(2)24-22(29)27(3)4/h5-8,12,16-17H,9-11H2,1-4H3/t16-,17+/m0/s1. The first-order valence-corrected chi connectivity index (χ1v) is 10.5. The van der Waals surface area contributed by atoms with Gasteiger partial charge >= 0.3 is 0 Å². The first-order valence-electron chi connectivity index (χ1n) is 10.5. The van der Waals surface area contributed by atoms with Gasteiger partial charge in [-0.05, 0) is 25.8 Å². The lowest BCUT2D eigenvalue weighted by Crippen LogP contribution is -2.25. The number of rotatable bonds is 5. The predicted molar refractivity (Wildman–Crippen MR) is 117 cm³/mol. The second-order valence-electron chi connectivity index (χ2n) is 8.43. The number of aryl methyl sites for hydroxylation is 2. The molecule has 3 aromatic heterocycles. The summed E-state index contributed by atoms with van der Waals surface area (Å²) in [6.07, 6.45) is 2.28. The average molecular weight is 435 g/mol. The minimum atomic E-state index is -0.207. The van der Waals surface area contributed by atoms with E-state index in [1.54, 1.807) is 11.4 Å². The lowest BCUT2D eigenvalue weighted by Gasteiger charge is -2.09. The summed E-state index contributed by atoms with van der Waals surface area (Å²) in [7, 11) is 3.72. The second-order valence-corrected chi connectivity index (χ2v) is 8.43. The monoisotopic (exact) mass is 435 g/mol. The zero-order chi connectivity index (χ0) is 22.4. The van der Waals surface area contributed by atoms with Crippen molar-refractivity contribution in [3.8, 4) is 0 Å². The number of fused-ring (bicyclic) bond motifs is 1. The van der Waals surface area contributed by atoms with Gasteiger partial charge in [0, 0.05) is 20.0 Å². The Balaban J connectivity index is 1.34. The molecule has 1 aromatic carbocycles. The van der Waals surface area contributed by atoms with Gasteiger partial charge in [-0.15, -0.1) is 0 Å². The van der Waals surface area contributed by atoms with Crippen molar-refractivity contribution in [3.05, 3.63) is 69.5 Å². The quantitative estimate of drug-likeness (QED) is 0.470. The molecule has 10 heteroatoms. The fourth-order valence-electron chi connectivity index (χ4n) is 4.03. The second kappa shape index (κ2) is 7.86. The molecule has 4 heterocycles. The highest BCUT2D eigenvalue weighted by atomic mass is 16.5. The van der Waals surface area contributed by atoms with E-state index in [0.29, 0.717) is 35.5 Å². The van der Waals surface area contributed by atoms with Crippen LogP contribution in [0.15, 0.2) is 39.9 Å². The van der Waals surface area contributed by atoms with Crippen LogP contribution in [0.4, 0.5) is 5.95 Å². The van der Waals surface area contributed by atoms with Crippen LogP contribution in [0.1, 0.15) is 47.0 Å². The number of imidazole rings is 1. The van der Waals surface area contributed by atoms with Crippen LogP contribution in [0.3, 0.4) is 0 Å². The summed E-state index contributed by atoms with van der Waals surface area (Å²) in [5.41, 5.74) is 3.22. The summed E-state index contributed by atoms with van der Waals surface area (Å²) in [6.45, 7) is 4.54. The van der Waals surface area contributed by atoms with E-state index in [4.69, 9.17) is 9.26 Å². The zero-order valence-corrected chi connectivity index (χ0v) is 18.5. The lowest BCUT2D eigenvalue weighted by molar-refractivity contribution is 0.110. The predicted octanol–water partition coefficient (Wildman–Crippen LogP) is 2.25. The molecule has 0 amide bonds. The molecule has 0 unspecified atom stereocenters. The van der Waals surface area contributed by atoms with Crippen LogP contribution in [-0.4, -0.2) is 50.0 Å². The molecule has 10 nitrogen and oxygen atoms in total. The van der Waals surface area contributed by atoms with Gasteiger partial charge in [0.25, 0.3) is 5.56 Å². The normalized spacial score (nSPS) is 18.5. The Kier molecular flexibility index (Phi) is 5.01. The highest BCUT2D eigenvalue weighted by Crippen LogP contribution is 2.37. The topological polar surface area (TPSA) is 104 Å². The van der Waals surface area contributed by atoms with Crippen LogP contribution in [0, 0.1) is 13.8 Å². The van der Waals surface area contributed by atoms with Crippen molar-refractivity contribution in [1.82, 2.24) is 29.3 Å². The molecule has 0 spiro atoms. The fraction of sp³-hybridized carbons (Fsp3) is 0.409. The van der Waals surface area contributed by atoms with Gasteiger partial charge in [-0.3, -0.25) is 9.36 Å². The Morgan fingerprint density at radius 3 is 2.69 bits per heavy atom. The van der Waals surface area contributed by atoms with Gasteiger partial charge in [0.2, 0.25) is 11.8 Å². The molecule has 1 fully saturated rings. The molecule has 166 valence electrons. The van der Waals surface area contributed by atoms with Gasteiger partial charge in [0.1, 0.15) is 12.9 Å². The Labute approximate surface area is 184 Å². The number of aromatic nitrogens is 6. The molecular formula is C22H25N7O3. The molecule has 0 N–H and O–H groups in total. The molecule has 0 aliphatic carbocycles. The molecular weight excluding hydrogens is 410 g/mol. The molecule has 32 heavy (non-hydrogen) atoms. The summed E-state index contributed by atoms with van der Waals surface area (Å²) in [5, 5.41) is 8.53. The first kappa shape index (κ1) is 20.4. The smallest absolute Gasteiger partial charge is 0.280 e. The first-order chi connectivity index (χ1) is 15.4. The number of ether oxygens (including phenoxy) is 1. The number of benzene rings is 1. The fourth-order valence-corrected chi connectivity index (χ4v) is 4.03. The van der Waals surface area contributed by atoms with Crippen molar-refractivity contribution in [2.24, 2.45) is 0 Å². The maximum atomic E-state index is 13.0. The number of anilines is 1. The van der Waals surface area contributed by atoms with E-state index in [1.807, 2.05) is 19.0 Å². The summed E-state index contributed by atoms with van der Waals surface area (Å²) in [5.74, 6) is 1.62. The molecule has 5 rings (SSSR count). The third kappa shape index (κ3) is 3.56. The lowest BCUT2D eigenvalue weighted by atomic mass is 9.99. The van der Waals surface area contributed by atoms with E-state index >= 15 is 0 Å². The summed E-state index contributed by atoms with van der Waals surface area (Å²) >= 11 is 0. The van der Waals surface area contributed by atoms with Crippen molar-refractivity contribution in [1.29, 1.82) is 0 Å². The van der Waals surface area contributed by atoms with Gasteiger partial charge < -0.3 is 14.2 Å². The Bertz CT molecular complexity index is 1320. The van der Waals surface area contributed by atoms with Gasteiger partial charge in [-0.25, -0.2) is 4.98 Å². The van der Waals surface area contributed by atoms with E-state index in [2.05, 4.69) is 51.4 Å². The Hall–Kier alpha value is -3.53. The van der Waals surface area contributed by atoms with Crippen molar-refractivity contribution in [3.63, 3.8) is 0 Å². The largest absolute Gasteiger partial charge is 0.373 e. The molecule has 0 radical (unpaired) electrons. The van der Waals surface area contributed by atoms with Crippen LogP contribution in [0.5, 0.6) is 0 Å². The molecule has 1 aliphatic rings. The SMILES string of the molecule is Cc1ccc([C@H]2C[C@H](c3noc(Cn4cnn5c(N(C)C)nc(C)c5c4=O)n3)CO2)cc1. The molecule has 4 aromatic rings. The van der Waals surface area contributed by atoms with Crippen LogP contribution in [0.25, 0.3) is 5.52 Å². The maximum absolute atomic E-state index is 13.0. The highest BCUT2D eigenvalue weighted by molar-refractivity contribution is 5.55. The summed E-state index contributed by atoms with van der Waals surface area (Å²) < 4.78 is 14.4. The Morgan fingerprint density at radius 2 is 1.94 bits per heavy atom. The number of hydrogen-bond donors (Lipinski definition) is 0. The summed E-state index contributed by atoms with van der Waals surface area (Å²) in [6, 6.07) is 8.37. The van der Waals surface area contributed by atoms with Crippen LogP contribution >= 0.6 is 0 Å². The van der Waals surface area contributed by atoms with E-state index in [-0.39, 0.29) is 24.1 Å². The van der Waals surface area contributed by atoms with Crippen LogP contribution < -0.4 is 10.5 Å². The van der Waals surface area contributed by atoms with E-state index in [9.17, 15) is 4.79 Å². The van der Waals surface area contributed by atoms with E-state index < -0.39 is 0 Å². The zero-order valence-electron chi connectivity index (χ0n) is 18.5. The third-order valence-electron chi connectivity index (χ3n) is 5.78. The molecule has 0 bridgehead atoms. The van der Waals surface area contributed by atoms with Gasteiger partial charge in [0.05, 0.1) is 18.4 Å². The molecule has 0 saturated carbocycles. The number of nitrogens with zero attached hydrogens (tertiary/aromatic N) is 7. The van der Waals surface area contributed by atoms with Crippen molar-refractivity contribution in [2.45, 2.75) is 38.8 Å². The van der Waals surface area contributed by atoms with Crippen LogP contribution in [-0.2, 0) is 11.3 Å². The number of hydrogen-bond acceptors (Lipinski definition) is 8. The third-order valence-corrected chi connectivity index (χ3v) is 5.78. The van der Waals surface area contributed by atoms with Gasteiger partial charge in [-0.1, -0.05) is 35.0 Å². The average Bonchev–Trinajstić information content (AvgIpc) is 3.49. The summed E-state index contributed by atoms with van der Waals surface area (Å²) in [4.78, 5) is 23.8. The van der Waals surface area contributed by atoms with Gasteiger partial charge in [-0.2, -0.15) is 14.6 Å². The van der Waals surface area contributed by atoms with Crippen molar-refractivity contribution < 1.29 is 9.26 Å². The highest BCUT2D eigenvalue weighted by Gasteiger charge is 2.31. The van der Waals surface area contributed by atoms with Gasteiger partial charge in [0.15, 0.2) is 11.3 Å². The van der Waals surface area contributed by atoms with Crippen LogP contribution in [0.2, 0.25) is 0 Å².